The SMILES string of the molecule is Cc1nc(C2CCCCN2C(=O)CN2CCCC2=O)ncc1C(=O)Nc1ccc(F)cc1. The number of hydrogen-bond donors (Lipinski definition) is 1. The van der Waals surface area contributed by atoms with Gasteiger partial charge in [-0.3, -0.25) is 14.4 Å². The van der Waals surface area contributed by atoms with Crippen LogP contribution in [0.5, 0.6) is 0 Å². The first-order valence-electron chi connectivity index (χ1n) is 10.9. The number of piperidine rings is 1. The normalized spacial score (nSPS) is 18.7. The van der Waals surface area contributed by atoms with Gasteiger partial charge in [-0.1, -0.05) is 0 Å². The third kappa shape index (κ3) is 4.76. The molecule has 4 rings (SSSR count). The molecule has 168 valence electrons. The zero-order chi connectivity index (χ0) is 22.7. The maximum absolute atomic E-state index is 13.1. The lowest BCUT2D eigenvalue weighted by atomic mass is 10.0. The average Bonchev–Trinajstić information content (AvgIpc) is 3.19. The van der Waals surface area contributed by atoms with Crippen molar-refractivity contribution in [1.82, 2.24) is 19.8 Å². The quantitative estimate of drug-likeness (QED) is 0.773. The minimum Gasteiger partial charge on any atom is -0.333 e. The van der Waals surface area contributed by atoms with Crippen molar-refractivity contribution in [1.29, 1.82) is 0 Å². The van der Waals surface area contributed by atoms with Crippen LogP contribution >= 0.6 is 0 Å². The fraction of sp³-hybridized carbons (Fsp3) is 0.435. The van der Waals surface area contributed by atoms with Crippen LogP contribution < -0.4 is 5.32 Å². The van der Waals surface area contributed by atoms with E-state index < -0.39 is 0 Å². The van der Waals surface area contributed by atoms with Gasteiger partial charge in [0, 0.05) is 31.4 Å². The van der Waals surface area contributed by atoms with Gasteiger partial charge in [-0.05, 0) is 56.9 Å². The zero-order valence-electron chi connectivity index (χ0n) is 18.0. The molecule has 0 bridgehead atoms. The number of hydrogen-bond acceptors (Lipinski definition) is 5. The lowest BCUT2D eigenvalue weighted by molar-refractivity contribution is -0.141. The molecule has 0 radical (unpaired) electrons. The van der Waals surface area contributed by atoms with Crippen LogP contribution in [0.1, 0.15) is 60.0 Å². The van der Waals surface area contributed by atoms with Crippen LogP contribution in [0.25, 0.3) is 0 Å². The Kier molecular flexibility index (Phi) is 6.43. The summed E-state index contributed by atoms with van der Waals surface area (Å²) in [6, 6.07) is 5.23. The van der Waals surface area contributed by atoms with Crippen molar-refractivity contribution in [3.05, 3.63) is 53.4 Å². The lowest BCUT2D eigenvalue weighted by Crippen LogP contribution is -2.45. The van der Waals surface area contributed by atoms with Crippen LogP contribution in [0.3, 0.4) is 0 Å². The molecule has 2 aliphatic heterocycles. The Balaban J connectivity index is 1.48. The monoisotopic (exact) mass is 439 g/mol. The van der Waals surface area contributed by atoms with Gasteiger partial charge in [0.15, 0.2) is 5.82 Å². The van der Waals surface area contributed by atoms with Crippen molar-refractivity contribution in [3.8, 4) is 0 Å². The Morgan fingerprint density at radius 3 is 2.62 bits per heavy atom. The number of benzene rings is 1. The highest BCUT2D eigenvalue weighted by Gasteiger charge is 2.33. The summed E-state index contributed by atoms with van der Waals surface area (Å²) >= 11 is 0. The molecule has 0 saturated carbocycles. The van der Waals surface area contributed by atoms with Crippen LogP contribution in [-0.4, -0.2) is 57.1 Å². The van der Waals surface area contributed by atoms with E-state index in [1.165, 1.54) is 30.5 Å². The van der Waals surface area contributed by atoms with Crippen LogP contribution in [0, 0.1) is 12.7 Å². The first-order valence-corrected chi connectivity index (χ1v) is 10.9. The molecule has 1 aromatic carbocycles. The number of amides is 3. The van der Waals surface area contributed by atoms with E-state index in [2.05, 4.69) is 15.3 Å². The first-order chi connectivity index (χ1) is 15.4. The van der Waals surface area contributed by atoms with Crippen molar-refractivity contribution in [2.45, 2.75) is 45.1 Å². The molecule has 3 amide bonds. The molecule has 2 fully saturated rings. The lowest BCUT2D eigenvalue weighted by Gasteiger charge is -2.35. The number of anilines is 1. The van der Waals surface area contributed by atoms with E-state index >= 15 is 0 Å². The Morgan fingerprint density at radius 2 is 1.94 bits per heavy atom. The second kappa shape index (κ2) is 9.42. The fourth-order valence-corrected chi connectivity index (χ4v) is 4.22. The molecule has 0 spiro atoms. The molecule has 0 aliphatic carbocycles. The summed E-state index contributed by atoms with van der Waals surface area (Å²) in [6.45, 7) is 3.03. The number of carbonyl (C=O) groups excluding carboxylic acids is 3. The molecule has 2 aromatic rings. The minimum atomic E-state index is -0.384. The van der Waals surface area contributed by atoms with Crippen LogP contribution in [0.15, 0.2) is 30.5 Å². The van der Waals surface area contributed by atoms with Gasteiger partial charge in [-0.2, -0.15) is 0 Å². The molecular weight excluding hydrogens is 413 g/mol. The summed E-state index contributed by atoms with van der Waals surface area (Å²) in [7, 11) is 0. The summed E-state index contributed by atoms with van der Waals surface area (Å²) in [6.07, 6.45) is 5.34. The van der Waals surface area contributed by atoms with Gasteiger partial charge in [0.2, 0.25) is 11.8 Å². The molecule has 3 heterocycles. The zero-order valence-corrected chi connectivity index (χ0v) is 18.0. The summed E-state index contributed by atoms with van der Waals surface area (Å²) in [5.41, 5.74) is 1.29. The fourth-order valence-electron chi connectivity index (χ4n) is 4.22. The molecular formula is C23H26FN5O3. The second-order valence-electron chi connectivity index (χ2n) is 8.21. The first kappa shape index (κ1) is 21.9. The summed E-state index contributed by atoms with van der Waals surface area (Å²) < 4.78 is 13.1. The Morgan fingerprint density at radius 1 is 1.16 bits per heavy atom. The Hall–Kier alpha value is -3.36. The van der Waals surface area contributed by atoms with Crippen molar-refractivity contribution < 1.29 is 18.8 Å². The van der Waals surface area contributed by atoms with Gasteiger partial charge in [0.25, 0.3) is 5.91 Å². The largest absolute Gasteiger partial charge is 0.333 e. The average molecular weight is 439 g/mol. The summed E-state index contributed by atoms with van der Waals surface area (Å²) in [5.74, 6) is -0.334. The van der Waals surface area contributed by atoms with Crippen LogP contribution in [0.2, 0.25) is 0 Å². The van der Waals surface area contributed by atoms with Crippen LogP contribution in [0.4, 0.5) is 10.1 Å². The Bertz CT molecular complexity index is 1030. The molecule has 1 atom stereocenters. The van der Waals surface area contributed by atoms with Gasteiger partial charge in [0.05, 0.1) is 23.8 Å². The molecule has 32 heavy (non-hydrogen) atoms. The number of carbonyl (C=O) groups is 3. The Labute approximate surface area is 185 Å². The third-order valence-corrected chi connectivity index (χ3v) is 5.96. The molecule has 2 saturated heterocycles. The molecule has 1 aromatic heterocycles. The van der Waals surface area contributed by atoms with E-state index in [9.17, 15) is 18.8 Å². The predicted molar refractivity (Wildman–Crippen MR) is 115 cm³/mol. The standard InChI is InChI=1S/C23H26FN5O3/c1-15-18(23(32)27-17-9-7-16(24)8-10-17)13-25-22(26-15)19-5-2-3-12-29(19)21(31)14-28-11-4-6-20(28)30/h7-10,13,19H,2-6,11-12,14H2,1H3,(H,27,32). The van der Waals surface area contributed by atoms with Gasteiger partial charge in [-0.25, -0.2) is 14.4 Å². The number of aromatic nitrogens is 2. The van der Waals surface area contributed by atoms with Gasteiger partial charge in [0.1, 0.15) is 5.82 Å². The van der Waals surface area contributed by atoms with Gasteiger partial charge < -0.3 is 15.1 Å². The summed E-state index contributed by atoms with van der Waals surface area (Å²) in [4.78, 5) is 49.8. The number of likely N-dealkylation sites (tertiary alicyclic amines) is 2. The predicted octanol–water partition coefficient (Wildman–Crippen LogP) is 2.85. The highest BCUT2D eigenvalue weighted by atomic mass is 19.1. The molecule has 8 nitrogen and oxygen atoms in total. The number of aryl methyl sites for hydroxylation is 1. The highest BCUT2D eigenvalue weighted by Crippen LogP contribution is 2.29. The number of nitrogens with zero attached hydrogens (tertiary/aromatic N) is 4. The van der Waals surface area contributed by atoms with E-state index in [4.69, 9.17) is 0 Å². The van der Waals surface area contributed by atoms with E-state index in [1.54, 1.807) is 16.7 Å². The molecule has 1 unspecified atom stereocenters. The highest BCUT2D eigenvalue weighted by molar-refractivity contribution is 6.04. The van der Waals surface area contributed by atoms with Crippen LogP contribution in [-0.2, 0) is 9.59 Å². The van der Waals surface area contributed by atoms with Crippen molar-refractivity contribution in [2.75, 3.05) is 25.0 Å². The number of halogens is 1. The smallest absolute Gasteiger partial charge is 0.259 e. The van der Waals surface area contributed by atoms with Crippen molar-refractivity contribution in [2.24, 2.45) is 0 Å². The second-order valence-corrected chi connectivity index (χ2v) is 8.21. The van der Waals surface area contributed by atoms with E-state index in [0.29, 0.717) is 42.3 Å². The van der Waals surface area contributed by atoms with Crippen molar-refractivity contribution in [3.63, 3.8) is 0 Å². The molecule has 9 heteroatoms. The third-order valence-electron chi connectivity index (χ3n) is 5.96. The molecule has 1 N–H and O–H groups in total. The van der Waals surface area contributed by atoms with E-state index in [-0.39, 0.29) is 36.1 Å². The summed E-state index contributed by atoms with van der Waals surface area (Å²) in [5, 5.41) is 2.71. The number of rotatable bonds is 5. The molecule has 2 aliphatic rings. The van der Waals surface area contributed by atoms with Gasteiger partial charge in [-0.15, -0.1) is 0 Å². The maximum atomic E-state index is 13.1. The minimum absolute atomic E-state index is 0.0236. The van der Waals surface area contributed by atoms with E-state index in [1.807, 2.05) is 0 Å². The van der Waals surface area contributed by atoms with Gasteiger partial charge >= 0.3 is 0 Å². The number of nitrogens with one attached hydrogen (secondary N) is 1. The maximum Gasteiger partial charge on any atom is 0.259 e. The topological polar surface area (TPSA) is 95.5 Å². The van der Waals surface area contributed by atoms with Crippen molar-refractivity contribution >= 4 is 23.4 Å². The van der Waals surface area contributed by atoms with E-state index in [0.717, 1.165) is 25.7 Å².